The highest BCUT2D eigenvalue weighted by Gasteiger charge is 2.58. The lowest BCUT2D eigenvalue weighted by atomic mass is 9.69. The topological polar surface area (TPSA) is 26.3 Å². The molecule has 1 saturated heterocycles. The van der Waals surface area contributed by atoms with Gasteiger partial charge < -0.3 is 4.74 Å². The molecule has 0 aromatic carbocycles. The van der Waals surface area contributed by atoms with Crippen molar-refractivity contribution in [1.29, 1.82) is 0 Å². The van der Waals surface area contributed by atoms with Crippen molar-refractivity contribution < 1.29 is 9.53 Å². The summed E-state index contributed by atoms with van der Waals surface area (Å²) in [7, 11) is 0. The minimum atomic E-state index is 0.0371. The van der Waals surface area contributed by atoms with Crippen LogP contribution in [0.1, 0.15) is 39.0 Å². The molecule has 2 heteroatoms. The van der Waals surface area contributed by atoms with Gasteiger partial charge in [0.2, 0.25) is 0 Å². The molecule has 3 fully saturated rings. The quantitative estimate of drug-likeness (QED) is 0.534. The van der Waals surface area contributed by atoms with Crippen molar-refractivity contribution in [3.05, 3.63) is 0 Å². The van der Waals surface area contributed by atoms with Crippen LogP contribution in [0, 0.1) is 17.3 Å². The summed E-state index contributed by atoms with van der Waals surface area (Å²) in [6.45, 7) is 2.33. The molecule has 0 amide bonds. The van der Waals surface area contributed by atoms with Gasteiger partial charge in [-0.05, 0) is 37.5 Å². The summed E-state index contributed by atoms with van der Waals surface area (Å²) >= 11 is 0. The van der Waals surface area contributed by atoms with E-state index in [1.807, 2.05) is 0 Å². The van der Waals surface area contributed by atoms with Crippen LogP contribution in [0.25, 0.3) is 0 Å². The first-order valence-electron chi connectivity index (χ1n) is 5.39. The normalized spacial score (nSPS) is 53.3. The van der Waals surface area contributed by atoms with Gasteiger partial charge in [0.15, 0.2) is 0 Å². The van der Waals surface area contributed by atoms with E-state index in [0.717, 1.165) is 12.3 Å². The first-order valence-corrected chi connectivity index (χ1v) is 5.39. The first kappa shape index (κ1) is 7.84. The van der Waals surface area contributed by atoms with Crippen LogP contribution in [0.2, 0.25) is 0 Å². The van der Waals surface area contributed by atoms with Crippen molar-refractivity contribution >= 4 is 5.97 Å². The first-order chi connectivity index (χ1) is 6.20. The van der Waals surface area contributed by atoms with Gasteiger partial charge in [0, 0.05) is 11.8 Å². The van der Waals surface area contributed by atoms with Crippen LogP contribution in [0.3, 0.4) is 0 Å². The summed E-state index contributed by atoms with van der Waals surface area (Å²) in [5, 5.41) is 0. The molecule has 2 aliphatic carbocycles. The molecule has 2 nitrogen and oxygen atoms in total. The van der Waals surface area contributed by atoms with Gasteiger partial charge in [-0.25, -0.2) is 0 Å². The van der Waals surface area contributed by atoms with Gasteiger partial charge in [0.1, 0.15) is 6.10 Å². The van der Waals surface area contributed by atoms with Gasteiger partial charge in [0.05, 0.1) is 0 Å². The molecule has 3 aliphatic rings. The Kier molecular flexibility index (Phi) is 1.38. The van der Waals surface area contributed by atoms with Gasteiger partial charge in [-0.2, -0.15) is 0 Å². The van der Waals surface area contributed by atoms with Gasteiger partial charge in [0.25, 0.3) is 0 Å². The fourth-order valence-corrected chi connectivity index (χ4v) is 3.81. The SMILES string of the molecule is C[C@@]12CCC(=O)O[C@@H]1[C@@H]1CC[C@H]2C1. The van der Waals surface area contributed by atoms with Crippen LogP contribution in [0.4, 0.5) is 0 Å². The zero-order valence-corrected chi connectivity index (χ0v) is 8.08. The lowest BCUT2D eigenvalue weighted by molar-refractivity contribution is -0.171. The number of hydrogen-bond donors (Lipinski definition) is 0. The van der Waals surface area contributed by atoms with E-state index in [9.17, 15) is 4.79 Å². The number of ether oxygens (including phenoxy) is 1. The van der Waals surface area contributed by atoms with Crippen molar-refractivity contribution in [1.82, 2.24) is 0 Å². The predicted molar refractivity (Wildman–Crippen MR) is 48.1 cm³/mol. The minimum Gasteiger partial charge on any atom is -0.461 e. The molecule has 13 heavy (non-hydrogen) atoms. The van der Waals surface area contributed by atoms with Gasteiger partial charge in [-0.15, -0.1) is 0 Å². The lowest BCUT2D eigenvalue weighted by Crippen LogP contribution is -2.45. The molecule has 0 radical (unpaired) electrons. The maximum absolute atomic E-state index is 11.2. The van der Waals surface area contributed by atoms with Crippen LogP contribution >= 0.6 is 0 Å². The smallest absolute Gasteiger partial charge is 0.306 e. The predicted octanol–water partition coefficient (Wildman–Crippen LogP) is 2.13. The summed E-state index contributed by atoms with van der Waals surface area (Å²) in [5.74, 6) is 1.57. The van der Waals surface area contributed by atoms with E-state index in [1.54, 1.807) is 0 Å². The van der Waals surface area contributed by atoms with E-state index in [1.165, 1.54) is 19.3 Å². The molecule has 2 saturated carbocycles. The highest BCUT2D eigenvalue weighted by atomic mass is 16.5. The number of hydrogen-bond acceptors (Lipinski definition) is 2. The Balaban J connectivity index is 1.94. The average molecular weight is 180 g/mol. The Bertz CT molecular complexity index is 261. The van der Waals surface area contributed by atoms with Gasteiger partial charge >= 0.3 is 5.97 Å². The fourth-order valence-electron chi connectivity index (χ4n) is 3.81. The number of rotatable bonds is 0. The van der Waals surface area contributed by atoms with E-state index in [0.29, 0.717) is 17.8 Å². The summed E-state index contributed by atoms with van der Waals surface area (Å²) in [6.07, 6.45) is 5.96. The van der Waals surface area contributed by atoms with E-state index >= 15 is 0 Å². The van der Waals surface area contributed by atoms with Crippen molar-refractivity contribution in [3.63, 3.8) is 0 Å². The Labute approximate surface area is 78.6 Å². The Hall–Kier alpha value is -0.530. The monoisotopic (exact) mass is 180 g/mol. The van der Waals surface area contributed by atoms with E-state index < -0.39 is 0 Å². The maximum atomic E-state index is 11.2. The molecule has 1 heterocycles. The summed E-state index contributed by atoms with van der Waals surface area (Å²) < 4.78 is 5.51. The largest absolute Gasteiger partial charge is 0.461 e. The summed E-state index contributed by atoms with van der Waals surface area (Å²) in [5.41, 5.74) is 0.344. The van der Waals surface area contributed by atoms with Crippen LogP contribution in [-0.2, 0) is 9.53 Å². The molecular weight excluding hydrogens is 164 g/mol. The highest BCUT2D eigenvalue weighted by Crippen LogP contribution is 2.60. The molecule has 1 aliphatic heterocycles. The number of fused-ring (bicyclic) bond motifs is 5. The molecule has 0 N–H and O–H groups in total. The molecule has 0 spiro atoms. The summed E-state index contributed by atoms with van der Waals surface area (Å²) in [4.78, 5) is 11.2. The molecular formula is C11H16O2. The molecule has 4 atom stereocenters. The fraction of sp³-hybridized carbons (Fsp3) is 0.909. The lowest BCUT2D eigenvalue weighted by Gasteiger charge is -2.43. The third-order valence-corrected chi connectivity index (χ3v) is 4.61. The minimum absolute atomic E-state index is 0.0371. The Morgan fingerprint density at radius 2 is 2.31 bits per heavy atom. The maximum Gasteiger partial charge on any atom is 0.306 e. The number of carbonyl (C=O) groups excluding carboxylic acids is 1. The zero-order valence-electron chi connectivity index (χ0n) is 8.08. The van der Waals surface area contributed by atoms with Crippen molar-refractivity contribution in [3.8, 4) is 0 Å². The summed E-state index contributed by atoms with van der Waals surface area (Å²) in [6, 6.07) is 0. The zero-order chi connectivity index (χ0) is 9.05. The van der Waals surface area contributed by atoms with Crippen molar-refractivity contribution in [2.45, 2.75) is 45.1 Å². The van der Waals surface area contributed by atoms with E-state index in [-0.39, 0.29) is 12.1 Å². The average Bonchev–Trinajstić information content (AvgIpc) is 2.66. The van der Waals surface area contributed by atoms with Crippen LogP contribution in [0.5, 0.6) is 0 Å². The van der Waals surface area contributed by atoms with E-state index in [2.05, 4.69) is 6.92 Å². The molecule has 2 bridgehead atoms. The second-order valence-corrected chi connectivity index (χ2v) is 5.19. The standard InChI is InChI=1S/C11H16O2/c1-11-5-4-9(12)13-10(11)7-2-3-8(11)6-7/h7-8,10H,2-6H2,1H3/t7-,8+,10-,11+/m1/s1. The number of esters is 1. The molecule has 0 aromatic rings. The van der Waals surface area contributed by atoms with E-state index in [4.69, 9.17) is 4.74 Å². The molecule has 0 aromatic heterocycles. The molecule has 72 valence electrons. The van der Waals surface area contributed by atoms with Crippen molar-refractivity contribution in [2.75, 3.05) is 0 Å². The molecule has 0 unspecified atom stereocenters. The van der Waals surface area contributed by atoms with Gasteiger partial charge in [-0.1, -0.05) is 6.92 Å². The van der Waals surface area contributed by atoms with Crippen LogP contribution < -0.4 is 0 Å². The van der Waals surface area contributed by atoms with Crippen molar-refractivity contribution in [2.24, 2.45) is 17.3 Å². The molecule has 3 rings (SSSR count). The Morgan fingerprint density at radius 1 is 1.46 bits per heavy atom. The second-order valence-electron chi connectivity index (χ2n) is 5.19. The third-order valence-electron chi connectivity index (χ3n) is 4.61. The Morgan fingerprint density at radius 3 is 3.15 bits per heavy atom. The second kappa shape index (κ2) is 2.28. The van der Waals surface area contributed by atoms with Crippen LogP contribution in [-0.4, -0.2) is 12.1 Å². The highest BCUT2D eigenvalue weighted by molar-refractivity contribution is 5.70. The van der Waals surface area contributed by atoms with Crippen LogP contribution in [0.15, 0.2) is 0 Å². The number of carbonyl (C=O) groups is 1. The third kappa shape index (κ3) is 0.866. The van der Waals surface area contributed by atoms with Gasteiger partial charge in [-0.3, -0.25) is 4.79 Å².